The number of rotatable bonds is 5. The molecule has 3 heterocycles. The van der Waals surface area contributed by atoms with Crippen LogP contribution in [-0.4, -0.2) is 41.9 Å². The maximum absolute atomic E-state index is 13.3. The second-order valence-electron chi connectivity index (χ2n) is 7.48. The second kappa shape index (κ2) is 8.89. The molecule has 1 unspecified atom stereocenters. The molecule has 12 heteroatoms. The van der Waals surface area contributed by atoms with Crippen molar-refractivity contribution in [1.29, 1.82) is 0 Å². The fourth-order valence-corrected chi connectivity index (χ4v) is 6.79. The zero-order valence-electron chi connectivity index (χ0n) is 17.3. The lowest BCUT2D eigenvalue weighted by Gasteiger charge is -2.31. The first-order valence-electron chi connectivity index (χ1n) is 9.82. The number of carbonyl (C=O) groups is 1. The fraction of sp³-hybridized carbons (Fsp3) is 0.350. The van der Waals surface area contributed by atoms with Crippen molar-refractivity contribution in [3.63, 3.8) is 0 Å². The molecule has 1 saturated heterocycles. The Morgan fingerprint density at radius 1 is 1.34 bits per heavy atom. The van der Waals surface area contributed by atoms with Gasteiger partial charge in [-0.25, -0.2) is 12.8 Å². The Morgan fingerprint density at radius 3 is 2.81 bits per heavy atom. The molecule has 0 radical (unpaired) electrons. The highest BCUT2D eigenvalue weighted by molar-refractivity contribution is 7.89. The van der Waals surface area contributed by atoms with Gasteiger partial charge in [-0.05, 0) is 44.0 Å². The minimum absolute atomic E-state index is 0.0406. The van der Waals surface area contributed by atoms with Crippen LogP contribution in [0.2, 0.25) is 5.02 Å². The highest BCUT2D eigenvalue weighted by Crippen LogP contribution is 2.35. The number of aryl methyl sites for hydroxylation is 2. The highest BCUT2D eigenvalue weighted by atomic mass is 35.5. The third kappa shape index (κ3) is 4.56. The smallest absolute Gasteiger partial charge is 0.244 e. The average Bonchev–Trinajstić information content (AvgIpc) is 3.36. The van der Waals surface area contributed by atoms with Crippen LogP contribution in [0.3, 0.4) is 0 Å². The van der Waals surface area contributed by atoms with Crippen molar-refractivity contribution < 1.29 is 22.1 Å². The molecule has 1 aliphatic rings. The first kappa shape index (κ1) is 22.8. The summed E-state index contributed by atoms with van der Waals surface area (Å²) in [5, 5.41) is 6.61. The minimum Gasteiger partial charge on any atom is -0.339 e. The minimum atomic E-state index is -3.82. The summed E-state index contributed by atoms with van der Waals surface area (Å²) in [4.78, 5) is 18.3. The number of halogens is 2. The Bertz CT molecular complexity index is 1270. The van der Waals surface area contributed by atoms with Crippen LogP contribution < -0.4 is 5.32 Å². The molecule has 3 aromatic rings. The van der Waals surface area contributed by atoms with Crippen LogP contribution in [0, 0.1) is 25.6 Å². The Labute approximate surface area is 193 Å². The van der Waals surface area contributed by atoms with E-state index in [4.69, 9.17) is 16.1 Å². The first-order chi connectivity index (χ1) is 15.1. The lowest BCUT2D eigenvalue weighted by atomic mass is 9.98. The van der Waals surface area contributed by atoms with Crippen molar-refractivity contribution in [2.45, 2.75) is 31.6 Å². The van der Waals surface area contributed by atoms with Crippen LogP contribution in [0.5, 0.6) is 0 Å². The van der Waals surface area contributed by atoms with Crippen molar-refractivity contribution in [3.05, 3.63) is 45.9 Å². The standard InChI is InChI=1S/C20H20ClFN4O4S2/c1-11-18(9-17(31-11)19-23-12(2)30-25-19)32(28,29)26-7-3-4-13(10-26)20(27)24-16-6-5-14(22)8-15(16)21/h5-6,8-9,13H,3-4,7,10H2,1-2H3,(H,24,27). The van der Waals surface area contributed by atoms with Crippen molar-refractivity contribution in [3.8, 4) is 10.7 Å². The Kier molecular flexibility index (Phi) is 6.35. The van der Waals surface area contributed by atoms with Crippen LogP contribution >= 0.6 is 22.9 Å². The number of thiophene rings is 1. The number of hydrogen-bond acceptors (Lipinski definition) is 7. The van der Waals surface area contributed by atoms with Gasteiger partial charge in [0.15, 0.2) is 0 Å². The number of amides is 1. The van der Waals surface area contributed by atoms with Gasteiger partial charge in [-0.15, -0.1) is 11.3 Å². The van der Waals surface area contributed by atoms with Gasteiger partial charge in [0.25, 0.3) is 0 Å². The fourth-order valence-electron chi connectivity index (χ4n) is 3.57. The number of nitrogens with one attached hydrogen (secondary N) is 1. The van der Waals surface area contributed by atoms with E-state index in [9.17, 15) is 17.6 Å². The normalized spacial score (nSPS) is 17.4. The number of sulfonamides is 1. The van der Waals surface area contributed by atoms with Crippen molar-refractivity contribution in [2.75, 3.05) is 18.4 Å². The Balaban J connectivity index is 1.52. The molecule has 1 atom stereocenters. The van der Waals surface area contributed by atoms with Crippen molar-refractivity contribution in [2.24, 2.45) is 5.92 Å². The molecular formula is C20H20ClFN4O4S2. The molecule has 1 amide bonds. The summed E-state index contributed by atoms with van der Waals surface area (Å²) in [6.07, 6.45) is 1.07. The summed E-state index contributed by atoms with van der Waals surface area (Å²) in [6, 6.07) is 5.22. The molecule has 1 N–H and O–H groups in total. The van der Waals surface area contributed by atoms with Crippen molar-refractivity contribution >= 4 is 44.6 Å². The van der Waals surface area contributed by atoms with Crippen LogP contribution in [0.15, 0.2) is 33.7 Å². The maximum atomic E-state index is 13.3. The zero-order valence-corrected chi connectivity index (χ0v) is 19.7. The Morgan fingerprint density at radius 2 is 2.12 bits per heavy atom. The predicted molar refractivity (Wildman–Crippen MR) is 119 cm³/mol. The predicted octanol–water partition coefficient (Wildman–Crippen LogP) is 4.25. The van der Waals surface area contributed by atoms with Crippen LogP contribution in [0.1, 0.15) is 23.6 Å². The molecule has 1 aromatic carbocycles. The van der Waals surface area contributed by atoms with Crippen LogP contribution in [0.4, 0.5) is 10.1 Å². The molecule has 1 fully saturated rings. The van der Waals surface area contributed by atoms with E-state index in [-0.39, 0.29) is 28.1 Å². The molecule has 8 nitrogen and oxygen atoms in total. The van der Waals surface area contributed by atoms with Crippen LogP contribution in [-0.2, 0) is 14.8 Å². The Hall–Kier alpha value is -2.34. The number of benzene rings is 1. The number of anilines is 1. The molecule has 2 aromatic heterocycles. The van der Waals surface area contributed by atoms with Crippen LogP contribution in [0.25, 0.3) is 10.7 Å². The monoisotopic (exact) mass is 498 g/mol. The summed E-state index contributed by atoms with van der Waals surface area (Å²) in [6.45, 7) is 3.74. The SMILES string of the molecule is Cc1nc(-c2cc(S(=O)(=O)N3CCCC(C(=O)Nc4ccc(F)cc4Cl)C3)c(C)s2)no1. The lowest BCUT2D eigenvalue weighted by Crippen LogP contribution is -2.43. The molecule has 32 heavy (non-hydrogen) atoms. The molecule has 0 spiro atoms. The van der Waals surface area contributed by atoms with Gasteiger partial charge in [0.05, 0.1) is 26.4 Å². The van der Waals surface area contributed by atoms with Gasteiger partial charge in [0.1, 0.15) is 5.82 Å². The molecule has 0 aliphatic carbocycles. The van der Waals surface area contributed by atoms with E-state index < -0.39 is 21.8 Å². The molecule has 4 rings (SSSR count). The molecule has 0 saturated carbocycles. The highest BCUT2D eigenvalue weighted by Gasteiger charge is 2.35. The largest absolute Gasteiger partial charge is 0.339 e. The lowest BCUT2D eigenvalue weighted by molar-refractivity contribution is -0.120. The van der Waals surface area contributed by atoms with E-state index in [2.05, 4.69) is 15.5 Å². The third-order valence-corrected chi connectivity index (χ3v) is 8.66. The summed E-state index contributed by atoms with van der Waals surface area (Å²) in [7, 11) is -3.82. The third-order valence-electron chi connectivity index (χ3n) is 5.18. The average molecular weight is 499 g/mol. The topological polar surface area (TPSA) is 105 Å². The zero-order chi connectivity index (χ0) is 23.0. The molecule has 1 aliphatic heterocycles. The van der Waals surface area contributed by atoms with Gasteiger partial charge in [0, 0.05) is 24.9 Å². The van der Waals surface area contributed by atoms with Gasteiger partial charge in [0.2, 0.25) is 27.6 Å². The summed E-state index contributed by atoms with van der Waals surface area (Å²) >= 11 is 7.26. The summed E-state index contributed by atoms with van der Waals surface area (Å²) in [5.74, 6) is -0.698. The van der Waals surface area contributed by atoms with E-state index in [1.54, 1.807) is 19.9 Å². The van der Waals surface area contributed by atoms with E-state index in [0.717, 1.165) is 6.07 Å². The second-order valence-corrected chi connectivity index (χ2v) is 11.1. The van der Waals surface area contributed by atoms with Gasteiger partial charge in [-0.1, -0.05) is 16.8 Å². The summed E-state index contributed by atoms with van der Waals surface area (Å²) in [5.41, 5.74) is 0.284. The quantitative estimate of drug-likeness (QED) is 0.563. The van der Waals surface area contributed by atoms with E-state index in [1.165, 1.54) is 27.8 Å². The number of carbonyl (C=O) groups excluding carboxylic acids is 1. The first-order valence-corrected chi connectivity index (χ1v) is 12.5. The molecule has 170 valence electrons. The van der Waals surface area contributed by atoms with Gasteiger partial charge in [-0.2, -0.15) is 9.29 Å². The van der Waals surface area contributed by atoms with E-state index in [0.29, 0.717) is 40.9 Å². The van der Waals surface area contributed by atoms with Gasteiger partial charge in [-0.3, -0.25) is 4.79 Å². The molecule has 0 bridgehead atoms. The summed E-state index contributed by atoms with van der Waals surface area (Å²) < 4.78 is 46.3. The van der Waals surface area contributed by atoms with Gasteiger partial charge >= 0.3 is 0 Å². The number of hydrogen-bond donors (Lipinski definition) is 1. The van der Waals surface area contributed by atoms with E-state index in [1.807, 2.05) is 0 Å². The van der Waals surface area contributed by atoms with E-state index >= 15 is 0 Å². The number of piperidine rings is 1. The number of aromatic nitrogens is 2. The maximum Gasteiger partial charge on any atom is 0.244 e. The number of nitrogens with zero attached hydrogens (tertiary/aromatic N) is 3. The molecular weight excluding hydrogens is 479 g/mol. The van der Waals surface area contributed by atoms with Crippen molar-refractivity contribution in [1.82, 2.24) is 14.4 Å². The van der Waals surface area contributed by atoms with Gasteiger partial charge < -0.3 is 9.84 Å².